The van der Waals surface area contributed by atoms with E-state index in [0.29, 0.717) is 6.42 Å². The molecule has 0 fully saturated rings. The van der Waals surface area contributed by atoms with Gasteiger partial charge in [0, 0.05) is 11.3 Å². The molecule has 0 aromatic heterocycles. The number of carbonyl (C=O) groups excluding carboxylic acids is 2. The number of rotatable bonds is 8. The number of hydrogen-bond donors (Lipinski definition) is 3. The number of thioether (sulfide) groups is 1. The van der Waals surface area contributed by atoms with E-state index in [0.717, 1.165) is 23.5 Å². The lowest BCUT2D eigenvalue weighted by molar-refractivity contribution is -0.116. The number of para-hydroxylation sites is 1. The minimum atomic E-state index is -0.375. The summed E-state index contributed by atoms with van der Waals surface area (Å²) in [5.74, 6) is -0.199. The molecular weight excluding hydrogens is 298 g/mol. The second-order valence-corrected chi connectivity index (χ2v) is 5.02. The Morgan fingerprint density at radius 1 is 1.30 bits per heavy atom. The van der Waals surface area contributed by atoms with Crippen LogP contribution in [0.1, 0.15) is 12.8 Å². The standard InChI is InChI=1S/C13H19N3O2S.ClH/c1-15-8-4-7-13(18)16-10-5-2-3-6-11(10)19-9-12(14)17;/h2-3,5-6,15H,4,7-9H2,1H3,(H2,14,17)(H,16,18);1H. The van der Waals surface area contributed by atoms with Crippen LogP contribution in [0.25, 0.3) is 0 Å². The van der Waals surface area contributed by atoms with E-state index >= 15 is 0 Å². The summed E-state index contributed by atoms with van der Waals surface area (Å²) in [6.45, 7) is 0.811. The Morgan fingerprint density at radius 2 is 2.00 bits per heavy atom. The third-order valence-electron chi connectivity index (χ3n) is 2.36. The topological polar surface area (TPSA) is 84.2 Å². The molecule has 1 rings (SSSR count). The number of benzene rings is 1. The zero-order chi connectivity index (χ0) is 14.1. The summed E-state index contributed by atoms with van der Waals surface area (Å²) in [6.07, 6.45) is 1.26. The van der Waals surface area contributed by atoms with Crippen molar-refractivity contribution in [3.8, 4) is 0 Å². The summed E-state index contributed by atoms with van der Waals surface area (Å²) >= 11 is 1.32. The van der Waals surface area contributed by atoms with Gasteiger partial charge >= 0.3 is 0 Å². The lowest BCUT2D eigenvalue weighted by Crippen LogP contribution is -2.16. The van der Waals surface area contributed by atoms with E-state index in [2.05, 4.69) is 10.6 Å². The molecule has 2 amide bonds. The molecule has 112 valence electrons. The Morgan fingerprint density at radius 3 is 2.65 bits per heavy atom. The Hall–Kier alpha value is -1.24. The van der Waals surface area contributed by atoms with Crippen LogP contribution in [0.15, 0.2) is 29.2 Å². The molecule has 0 aliphatic carbocycles. The maximum atomic E-state index is 11.7. The van der Waals surface area contributed by atoms with Crippen LogP contribution >= 0.6 is 24.2 Å². The molecule has 4 N–H and O–H groups in total. The van der Waals surface area contributed by atoms with Crippen LogP contribution in [-0.2, 0) is 9.59 Å². The second-order valence-electron chi connectivity index (χ2n) is 4.01. The normalized spacial score (nSPS) is 9.65. The van der Waals surface area contributed by atoms with E-state index in [9.17, 15) is 9.59 Å². The van der Waals surface area contributed by atoms with E-state index in [-0.39, 0.29) is 30.0 Å². The molecular formula is C13H20ClN3O2S. The summed E-state index contributed by atoms with van der Waals surface area (Å²) in [6, 6.07) is 7.38. The van der Waals surface area contributed by atoms with Crippen LogP contribution in [0.2, 0.25) is 0 Å². The van der Waals surface area contributed by atoms with Crippen molar-refractivity contribution in [1.82, 2.24) is 5.32 Å². The highest BCUT2D eigenvalue weighted by Gasteiger charge is 2.07. The molecule has 5 nitrogen and oxygen atoms in total. The van der Waals surface area contributed by atoms with Gasteiger partial charge in [0.05, 0.1) is 11.4 Å². The van der Waals surface area contributed by atoms with Crippen molar-refractivity contribution in [1.29, 1.82) is 0 Å². The molecule has 0 saturated heterocycles. The molecule has 1 aromatic rings. The van der Waals surface area contributed by atoms with Gasteiger partial charge < -0.3 is 16.4 Å². The minimum absolute atomic E-state index is 0. The molecule has 7 heteroatoms. The van der Waals surface area contributed by atoms with Crippen molar-refractivity contribution in [2.75, 3.05) is 24.7 Å². The molecule has 1 aromatic carbocycles. The lowest BCUT2D eigenvalue weighted by atomic mass is 10.2. The van der Waals surface area contributed by atoms with Crippen LogP contribution < -0.4 is 16.4 Å². The van der Waals surface area contributed by atoms with E-state index in [4.69, 9.17) is 5.73 Å². The zero-order valence-electron chi connectivity index (χ0n) is 11.3. The fourth-order valence-electron chi connectivity index (χ4n) is 1.48. The van der Waals surface area contributed by atoms with E-state index in [1.807, 2.05) is 31.3 Å². The second kappa shape index (κ2) is 10.5. The molecule has 0 atom stereocenters. The lowest BCUT2D eigenvalue weighted by Gasteiger charge is -2.10. The van der Waals surface area contributed by atoms with Crippen LogP contribution in [-0.4, -0.2) is 31.2 Å². The smallest absolute Gasteiger partial charge is 0.227 e. The van der Waals surface area contributed by atoms with Gasteiger partial charge in [-0.1, -0.05) is 12.1 Å². The average molecular weight is 318 g/mol. The van der Waals surface area contributed by atoms with Gasteiger partial charge in [-0.25, -0.2) is 0 Å². The molecule has 0 aliphatic heterocycles. The first kappa shape index (κ1) is 18.8. The van der Waals surface area contributed by atoms with Gasteiger partial charge in [0.25, 0.3) is 0 Å². The Bertz CT molecular complexity index is 443. The number of hydrogen-bond acceptors (Lipinski definition) is 4. The first-order valence-corrected chi connectivity index (χ1v) is 7.06. The highest BCUT2D eigenvalue weighted by atomic mass is 35.5. The van der Waals surface area contributed by atoms with E-state index in [1.165, 1.54) is 11.8 Å². The van der Waals surface area contributed by atoms with Crippen LogP contribution in [0.5, 0.6) is 0 Å². The third kappa shape index (κ3) is 7.37. The summed E-state index contributed by atoms with van der Waals surface area (Å²) in [7, 11) is 1.85. The number of amides is 2. The molecule has 0 saturated carbocycles. The van der Waals surface area contributed by atoms with Gasteiger partial charge in [0.15, 0.2) is 0 Å². The monoisotopic (exact) mass is 317 g/mol. The number of carbonyl (C=O) groups is 2. The molecule has 0 radical (unpaired) electrons. The number of anilines is 1. The van der Waals surface area contributed by atoms with Crippen LogP contribution in [0.3, 0.4) is 0 Å². The van der Waals surface area contributed by atoms with Crippen molar-refractivity contribution in [3.63, 3.8) is 0 Å². The molecule has 0 heterocycles. The number of nitrogens with two attached hydrogens (primary N) is 1. The molecule has 0 spiro atoms. The number of halogens is 1. The first-order valence-electron chi connectivity index (χ1n) is 6.08. The Balaban J connectivity index is 0.00000361. The first-order chi connectivity index (χ1) is 9.13. The Labute approximate surface area is 129 Å². The number of nitrogens with one attached hydrogen (secondary N) is 2. The minimum Gasteiger partial charge on any atom is -0.369 e. The fourth-order valence-corrected chi connectivity index (χ4v) is 2.23. The number of primary amides is 1. The maximum absolute atomic E-state index is 11.7. The van der Waals surface area contributed by atoms with Gasteiger partial charge in [-0.3, -0.25) is 9.59 Å². The van der Waals surface area contributed by atoms with Crippen molar-refractivity contribution in [2.45, 2.75) is 17.7 Å². The molecule has 20 heavy (non-hydrogen) atoms. The van der Waals surface area contributed by atoms with Crippen molar-refractivity contribution >= 4 is 41.7 Å². The highest BCUT2D eigenvalue weighted by Crippen LogP contribution is 2.26. The fraction of sp³-hybridized carbons (Fsp3) is 0.385. The van der Waals surface area contributed by atoms with E-state index in [1.54, 1.807) is 0 Å². The van der Waals surface area contributed by atoms with Gasteiger partial charge in [-0.15, -0.1) is 24.2 Å². The van der Waals surface area contributed by atoms with Crippen molar-refractivity contribution in [2.24, 2.45) is 5.73 Å². The van der Waals surface area contributed by atoms with Crippen molar-refractivity contribution < 1.29 is 9.59 Å². The third-order valence-corrected chi connectivity index (χ3v) is 3.46. The Kier molecular flexibility index (Phi) is 9.88. The summed E-state index contributed by atoms with van der Waals surface area (Å²) in [5, 5.41) is 5.85. The van der Waals surface area contributed by atoms with Crippen molar-refractivity contribution in [3.05, 3.63) is 24.3 Å². The summed E-state index contributed by atoms with van der Waals surface area (Å²) in [5.41, 5.74) is 5.84. The zero-order valence-corrected chi connectivity index (χ0v) is 13.0. The van der Waals surface area contributed by atoms with Gasteiger partial charge in [-0.2, -0.15) is 0 Å². The SMILES string of the molecule is CNCCCC(=O)Nc1ccccc1SCC(N)=O.Cl. The quantitative estimate of drug-likeness (QED) is 0.502. The van der Waals surface area contributed by atoms with Gasteiger partial charge in [0.2, 0.25) is 11.8 Å². The van der Waals surface area contributed by atoms with Gasteiger partial charge in [0.1, 0.15) is 0 Å². The van der Waals surface area contributed by atoms with Crippen LogP contribution in [0, 0.1) is 0 Å². The average Bonchev–Trinajstić information content (AvgIpc) is 2.38. The molecule has 0 bridgehead atoms. The maximum Gasteiger partial charge on any atom is 0.227 e. The molecule has 0 aliphatic rings. The van der Waals surface area contributed by atoms with Crippen LogP contribution in [0.4, 0.5) is 5.69 Å². The summed E-state index contributed by atoms with van der Waals surface area (Å²) < 4.78 is 0. The summed E-state index contributed by atoms with van der Waals surface area (Å²) in [4.78, 5) is 23.4. The predicted molar refractivity (Wildman–Crippen MR) is 85.4 cm³/mol. The van der Waals surface area contributed by atoms with E-state index < -0.39 is 0 Å². The largest absolute Gasteiger partial charge is 0.369 e. The van der Waals surface area contributed by atoms with Gasteiger partial charge in [-0.05, 0) is 32.1 Å². The predicted octanol–water partition coefficient (Wildman–Crippen LogP) is 1.62. The highest BCUT2D eigenvalue weighted by molar-refractivity contribution is 8.00. The molecule has 0 unspecified atom stereocenters.